The van der Waals surface area contributed by atoms with Gasteiger partial charge in [-0.3, -0.25) is 15.1 Å². The van der Waals surface area contributed by atoms with Gasteiger partial charge in [0.15, 0.2) is 0 Å². The summed E-state index contributed by atoms with van der Waals surface area (Å²) in [6, 6.07) is 3.94. The molecule has 21 heavy (non-hydrogen) atoms. The molecule has 0 unspecified atom stereocenters. The van der Waals surface area contributed by atoms with Crippen LogP contribution < -0.4 is 5.32 Å². The van der Waals surface area contributed by atoms with Crippen LogP contribution in [0.3, 0.4) is 0 Å². The molecule has 0 fully saturated rings. The Kier molecular flexibility index (Phi) is 4.85. The number of nitro groups is 1. The number of hydrogen-bond acceptors (Lipinski definition) is 5. The highest BCUT2D eigenvalue weighted by Gasteiger charge is 2.17. The topological polar surface area (TPSA) is 81.0 Å². The fourth-order valence-corrected chi connectivity index (χ4v) is 2.44. The summed E-state index contributed by atoms with van der Waals surface area (Å²) in [5.41, 5.74) is 2.67. The average Bonchev–Trinajstić information content (AvgIpc) is 2.48. The van der Waals surface area contributed by atoms with Gasteiger partial charge in [-0.1, -0.05) is 13.0 Å². The van der Waals surface area contributed by atoms with Crippen LogP contribution >= 0.6 is 15.9 Å². The van der Waals surface area contributed by atoms with Gasteiger partial charge in [0.05, 0.1) is 21.6 Å². The molecule has 110 valence electrons. The zero-order valence-corrected chi connectivity index (χ0v) is 13.3. The third-order valence-electron chi connectivity index (χ3n) is 3.22. The maximum absolute atomic E-state index is 10.9. The molecule has 1 N–H and O–H groups in total. The summed E-state index contributed by atoms with van der Waals surface area (Å²) in [4.78, 5) is 18.9. The van der Waals surface area contributed by atoms with Gasteiger partial charge in [-0.2, -0.15) is 0 Å². The minimum absolute atomic E-state index is 0.000455. The van der Waals surface area contributed by atoms with Gasteiger partial charge in [0.25, 0.3) is 5.69 Å². The largest absolute Gasteiger partial charge is 0.363 e. The molecule has 0 aliphatic carbocycles. The summed E-state index contributed by atoms with van der Waals surface area (Å²) < 4.78 is 0.602. The lowest BCUT2D eigenvalue weighted by Gasteiger charge is -2.11. The molecule has 0 saturated carbocycles. The van der Waals surface area contributed by atoms with Crippen LogP contribution in [0.1, 0.15) is 23.7 Å². The zero-order chi connectivity index (χ0) is 15.4. The second-order valence-corrected chi connectivity index (χ2v) is 5.30. The lowest BCUT2D eigenvalue weighted by molar-refractivity contribution is -0.385. The van der Waals surface area contributed by atoms with Crippen molar-refractivity contribution in [2.45, 2.75) is 26.8 Å². The van der Waals surface area contributed by atoms with Crippen molar-refractivity contribution < 1.29 is 4.92 Å². The number of aryl methyl sites for hydroxylation is 1. The Morgan fingerprint density at radius 3 is 2.86 bits per heavy atom. The van der Waals surface area contributed by atoms with E-state index in [2.05, 4.69) is 38.1 Å². The molecule has 2 aromatic heterocycles. The van der Waals surface area contributed by atoms with E-state index < -0.39 is 4.92 Å². The molecule has 0 atom stereocenters. The molecule has 0 radical (unpaired) electrons. The SMILES string of the molecule is CCc1cccnc1CNc1ncc([N+](=O)[O-])c(C)c1Br. The third-order valence-corrected chi connectivity index (χ3v) is 4.19. The minimum Gasteiger partial charge on any atom is -0.363 e. The van der Waals surface area contributed by atoms with Crippen LogP contribution in [0, 0.1) is 17.0 Å². The molecule has 6 nitrogen and oxygen atoms in total. The molecule has 0 spiro atoms. The fraction of sp³-hybridized carbons (Fsp3) is 0.286. The fourth-order valence-electron chi connectivity index (χ4n) is 2.00. The molecule has 0 aliphatic heterocycles. The Hall–Kier alpha value is -2.02. The van der Waals surface area contributed by atoms with E-state index in [-0.39, 0.29) is 5.69 Å². The Morgan fingerprint density at radius 1 is 1.43 bits per heavy atom. The maximum atomic E-state index is 10.9. The molecule has 0 bridgehead atoms. The second-order valence-electron chi connectivity index (χ2n) is 4.50. The first-order chi connectivity index (χ1) is 10.0. The van der Waals surface area contributed by atoms with Crippen LogP contribution in [0.2, 0.25) is 0 Å². The zero-order valence-electron chi connectivity index (χ0n) is 11.8. The summed E-state index contributed by atoms with van der Waals surface area (Å²) in [5.74, 6) is 0.575. The maximum Gasteiger partial charge on any atom is 0.291 e. The van der Waals surface area contributed by atoms with Gasteiger partial charge in [0.2, 0.25) is 0 Å². The standard InChI is InChI=1S/C14H15BrN4O2/c1-3-10-5-4-6-16-11(10)7-17-14-13(15)9(2)12(8-18-14)19(20)21/h4-6,8H,3,7H2,1-2H3,(H,17,18). The van der Waals surface area contributed by atoms with Crippen molar-refractivity contribution in [2.24, 2.45) is 0 Å². The molecule has 0 aromatic carbocycles. The first kappa shape index (κ1) is 15.4. The quantitative estimate of drug-likeness (QED) is 0.657. The number of anilines is 1. The summed E-state index contributed by atoms with van der Waals surface area (Å²) >= 11 is 3.36. The van der Waals surface area contributed by atoms with Gasteiger partial charge in [0, 0.05) is 11.8 Å². The number of nitrogens with zero attached hydrogens (tertiary/aromatic N) is 3. The van der Waals surface area contributed by atoms with Crippen LogP contribution in [0.15, 0.2) is 29.0 Å². The van der Waals surface area contributed by atoms with Gasteiger partial charge >= 0.3 is 0 Å². The Morgan fingerprint density at radius 2 is 2.19 bits per heavy atom. The first-order valence-corrected chi connectivity index (χ1v) is 7.30. The van der Waals surface area contributed by atoms with Crippen LogP contribution in [0.5, 0.6) is 0 Å². The molecular weight excluding hydrogens is 336 g/mol. The molecule has 0 aliphatic rings. The van der Waals surface area contributed by atoms with E-state index in [1.807, 2.05) is 12.1 Å². The van der Waals surface area contributed by atoms with Gasteiger partial charge < -0.3 is 5.32 Å². The second kappa shape index (κ2) is 6.62. The molecule has 2 rings (SSSR count). The number of rotatable bonds is 5. The number of hydrogen-bond donors (Lipinski definition) is 1. The highest BCUT2D eigenvalue weighted by Crippen LogP contribution is 2.30. The van der Waals surface area contributed by atoms with Crippen LogP contribution in [-0.2, 0) is 13.0 Å². The Balaban J connectivity index is 2.21. The summed E-state index contributed by atoms with van der Waals surface area (Å²) in [5, 5.41) is 14.0. The van der Waals surface area contributed by atoms with Crippen molar-refractivity contribution in [1.82, 2.24) is 9.97 Å². The Labute approximate surface area is 130 Å². The molecular formula is C14H15BrN4O2. The number of halogens is 1. The van der Waals surface area contributed by atoms with E-state index >= 15 is 0 Å². The van der Waals surface area contributed by atoms with E-state index in [4.69, 9.17) is 0 Å². The van der Waals surface area contributed by atoms with Gasteiger partial charge in [-0.25, -0.2) is 4.98 Å². The Bertz CT molecular complexity index is 676. The molecule has 0 amide bonds. The normalized spacial score (nSPS) is 10.4. The van der Waals surface area contributed by atoms with E-state index in [9.17, 15) is 10.1 Å². The highest BCUT2D eigenvalue weighted by atomic mass is 79.9. The van der Waals surface area contributed by atoms with Gasteiger partial charge in [-0.05, 0) is 40.9 Å². The number of aromatic nitrogens is 2. The van der Waals surface area contributed by atoms with E-state index in [1.165, 1.54) is 11.8 Å². The van der Waals surface area contributed by atoms with Crippen LogP contribution in [-0.4, -0.2) is 14.9 Å². The molecule has 7 heteroatoms. The van der Waals surface area contributed by atoms with Crippen molar-refractivity contribution in [3.05, 3.63) is 55.9 Å². The smallest absolute Gasteiger partial charge is 0.291 e. The predicted molar refractivity (Wildman–Crippen MR) is 84.3 cm³/mol. The van der Waals surface area contributed by atoms with Gasteiger partial charge in [0.1, 0.15) is 12.0 Å². The average molecular weight is 351 g/mol. The molecule has 0 saturated heterocycles. The monoisotopic (exact) mass is 350 g/mol. The van der Waals surface area contributed by atoms with Crippen LogP contribution in [0.25, 0.3) is 0 Å². The summed E-state index contributed by atoms with van der Waals surface area (Å²) in [7, 11) is 0. The molecule has 2 aromatic rings. The van der Waals surface area contributed by atoms with E-state index in [0.717, 1.165) is 12.1 Å². The van der Waals surface area contributed by atoms with Crippen LogP contribution in [0.4, 0.5) is 11.5 Å². The first-order valence-electron chi connectivity index (χ1n) is 6.50. The summed E-state index contributed by atoms with van der Waals surface area (Å²) in [6.07, 6.45) is 3.92. The summed E-state index contributed by atoms with van der Waals surface area (Å²) in [6.45, 7) is 4.28. The predicted octanol–water partition coefficient (Wildman–Crippen LogP) is 3.63. The number of pyridine rings is 2. The highest BCUT2D eigenvalue weighted by molar-refractivity contribution is 9.10. The minimum atomic E-state index is -0.440. The lowest BCUT2D eigenvalue weighted by Crippen LogP contribution is -2.07. The lowest BCUT2D eigenvalue weighted by atomic mass is 10.1. The van der Waals surface area contributed by atoms with E-state index in [1.54, 1.807) is 13.1 Å². The van der Waals surface area contributed by atoms with Crippen molar-refractivity contribution in [3.63, 3.8) is 0 Å². The van der Waals surface area contributed by atoms with E-state index in [0.29, 0.717) is 22.4 Å². The van der Waals surface area contributed by atoms with Crippen molar-refractivity contribution >= 4 is 27.4 Å². The van der Waals surface area contributed by atoms with Gasteiger partial charge in [-0.15, -0.1) is 0 Å². The molecule has 2 heterocycles. The number of nitrogens with one attached hydrogen (secondary N) is 1. The van der Waals surface area contributed by atoms with Crippen molar-refractivity contribution in [2.75, 3.05) is 5.32 Å². The third kappa shape index (κ3) is 3.36. The van der Waals surface area contributed by atoms with Crippen molar-refractivity contribution in [1.29, 1.82) is 0 Å². The van der Waals surface area contributed by atoms with Crippen molar-refractivity contribution in [3.8, 4) is 0 Å².